The molecule has 3 rings (SSSR count). The van der Waals surface area contributed by atoms with Gasteiger partial charge < -0.3 is 11.1 Å². The molecule has 1 amide bonds. The van der Waals surface area contributed by atoms with Gasteiger partial charge in [0.05, 0.1) is 5.54 Å². The van der Waals surface area contributed by atoms with Crippen LogP contribution in [0.5, 0.6) is 0 Å². The van der Waals surface area contributed by atoms with E-state index in [2.05, 4.69) is 5.32 Å². The molecule has 3 saturated carbocycles. The Kier molecular flexibility index (Phi) is 2.06. The second-order valence-corrected chi connectivity index (χ2v) is 5.67. The van der Waals surface area contributed by atoms with Crippen LogP contribution >= 0.6 is 0 Å². The Balaban J connectivity index is 1.61. The second kappa shape index (κ2) is 3.21. The van der Waals surface area contributed by atoms with E-state index in [0.29, 0.717) is 6.04 Å². The van der Waals surface area contributed by atoms with Crippen molar-refractivity contribution in [2.75, 3.05) is 0 Å². The number of hydrogen-bond acceptors (Lipinski definition) is 2. The van der Waals surface area contributed by atoms with Crippen LogP contribution in [0.25, 0.3) is 0 Å². The Labute approximate surface area is 90.8 Å². The van der Waals surface area contributed by atoms with Crippen molar-refractivity contribution in [3.05, 3.63) is 0 Å². The highest BCUT2D eigenvalue weighted by Crippen LogP contribution is 2.44. The smallest absolute Gasteiger partial charge is 0.240 e. The minimum atomic E-state index is -0.489. The van der Waals surface area contributed by atoms with Gasteiger partial charge in [0.25, 0.3) is 0 Å². The van der Waals surface area contributed by atoms with E-state index < -0.39 is 5.54 Å². The summed E-state index contributed by atoms with van der Waals surface area (Å²) < 4.78 is 0. The monoisotopic (exact) mass is 208 g/mol. The zero-order chi connectivity index (χ0) is 10.5. The minimum absolute atomic E-state index is 0.111. The fraction of sp³-hybridized carbons (Fsp3) is 0.917. The van der Waals surface area contributed by atoms with Gasteiger partial charge in [-0.25, -0.2) is 0 Å². The SMILES string of the molecule is NC1(C(=O)N[C@@H]2CC[C@H]3CCC[C@H]32)CC1. The third-order valence-corrected chi connectivity index (χ3v) is 4.64. The van der Waals surface area contributed by atoms with Gasteiger partial charge in [-0.3, -0.25) is 4.79 Å². The number of rotatable bonds is 2. The molecule has 0 saturated heterocycles. The average molecular weight is 208 g/mol. The standard InChI is InChI=1S/C12H20N2O/c13-12(6-7-12)11(15)14-10-5-4-8-2-1-3-9(8)10/h8-10H,1-7,13H2,(H,14,15)/t8-,9-,10-/m1/s1. The summed E-state index contributed by atoms with van der Waals surface area (Å²) >= 11 is 0. The molecule has 3 aliphatic carbocycles. The summed E-state index contributed by atoms with van der Waals surface area (Å²) in [6, 6.07) is 0.436. The van der Waals surface area contributed by atoms with Crippen LogP contribution < -0.4 is 11.1 Å². The predicted octanol–water partition coefficient (Wildman–Crippen LogP) is 1.17. The molecule has 0 aromatic rings. The summed E-state index contributed by atoms with van der Waals surface area (Å²) in [5, 5.41) is 3.19. The van der Waals surface area contributed by atoms with Gasteiger partial charge in [0.1, 0.15) is 0 Å². The Morgan fingerprint density at radius 3 is 2.73 bits per heavy atom. The maximum absolute atomic E-state index is 11.8. The first-order valence-corrected chi connectivity index (χ1v) is 6.29. The number of fused-ring (bicyclic) bond motifs is 1. The molecule has 3 atom stereocenters. The van der Waals surface area contributed by atoms with Crippen LogP contribution in [-0.2, 0) is 4.79 Å². The third-order valence-electron chi connectivity index (χ3n) is 4.64. The van der Waals surface area contributed by atoms with Crippen molar-refractivity contribution in [2.24, 2.45) is 17.6 Å². The van der Waals surface area contributed by atoms with E-state index >= 15 is 0 Å². The van der Waals surface area contributed by atoms with Crippen LogP contribution in [0.4, 0.5) is 0 Å². The molecule has 0 aliphatic heterocycles. The highest BCUT2D eigenvalue weighted by molar-refractivity contribution is 5.89. The largest absolute Gasteiger partial charge is 0.351 e. The van der Waals surface area contributed by atoms with Crippen molar-refractivity contribution in [1.82, 2.24) is 5.32 Å². The van der Waals surface area contributed by atoms with Crippen molar-refractivity contribution in [3.63, 3.8) is 0 Å². The number of carbonyl (C=O) groups is 1. The molecular formula is C12H20N2O. The highest BCUT2D eigenvalue weighted by atomic mass is 16.2. The molecule has 3 heteroatoms. The lowest BCUT2D eigenvalue weighted by Crippen LogP contribution is -2.48. The van der Waals surface area contributed by atoms with Crippen molar-refractivity contribution < 1.29 is 4.79 Å². The molecule has 3 N–H and O–H groups in total. The molecule has 0 heterocycles. The van der Waals surface area contributed by atoms with E-state index in [4.69, 9.17) is 5.73 Å². The first-order chi connectivity index (χ1) is 7.19. The lowest BCUT2D eigenvalue weighted by molar-refractivity contribution is -0.124. The molecule has 0 spiro atoms. The quantitative estimate of drug-likeness (QED) is 0.716. The molecule has 3 nitrogen and oxygen atoms in total. The van der Waals surface area contributed by atoms with E-state index in [-0.39, 0.29) is 5.91 Å². The van der Waals surface area contributed by atoms with Crippen LogP contribution in [0.3, 0.4) is 0 Å². The van der Waals surface area contributed by atoms with Crippen LogP contribution in [0.15, 0.2) is 0 Å². The van der Waals surface area contributed by atoms with Crippen molar-refractivity contribution >= 4 is 5.91 Å². The zero-order valence-electron chi connectivity index (χ0n) is 9.17. The van der Waals surface area contributed by atoms with Crippen molar-refractivity contribution in [2.45, 2.75) is 56.5 Å². The summed E-state index contributed by atoms with van der Waals surface area (Å²) in [4.78, 5) is 11.8. The van der Waals surface area contributed by atoms with Crippen LogP contribution in [0.1, 0.15) is 44.9 Å². The fourth-order valence-electron chi connectivity index (χ4n) is 3.41. The summed E-state index contributed by atoms with van der Waals surface area (Å²) in [5.41, 5.74) is 5.40. The van der Waals surface area contributed by atoms with Gasteiger partial charge in [0, 0.05) is 6.04 Å². The van der Waals surface area contributed by atoms with Crippen molar-refractivity contribution in [3.8, 4) is 0 Å². The molecule has 0 unspecified atom stereocenters. The Morgan fingerprint density at radius 2 is 2.00 bits per heavy atom. The number of hydrogen-bond donors (Lipinski definition) is 2. The lowest BCUT2D eigenvalue weighted by atomic mass is 9.97. The predicted molar refractivity (Wildman–Crippen MR) is 58.1 cm³/mol. The molecule has 84 valence electrons. The molecule has 3 aliphatic rings. The van der Waals surface area contributed by atoms with E-state index in [0.717, 1.165) is 24.7 Å². The minimum Gasteiger partial charge on any atom is -0.351 e. The molecule has 0 aromatic heterocycles. The lowest BCUT2D eigenvalue weighted by Gasteiger charge is -2.21. The van der Waals surface area contributed by atoms with Gasteiger partial charge >= 0.3 is 0 Å². The number of nitrogens with two attached hydrogens (primary N) is 1. The Morgan fingerprint density at radius 1 is 1.20 bits per heavy atom. The van der Waals surface area contributed by atoms with Gasteiger partial charge in [0.2, 0.25) is 5.91 Å². The topological polar surface area (TPSA) is 55.1 Å². The van der Waals surface area contributed by atoms with Crippen LogP contribution in [0.2, 0.25) is 0 Å². The summed E-state index contributed by atoms with van der Waals surface area (Å²) in [6.07, 6.45) is 8.29. The summed E-state index contributed by atoms with van der Waals surface area (Å²) in [5.74, 6) is 1.76. The van der Waals surface area contributed by atoms with E-state index in [1.807, 2.05) is 0 Å². The number of amides is 1. The molecule has 0 bridgehead atoms. The average Bonchev–Trinajstić information content (AvgIpc) is 2.67. The van der Waals surface area contributed by atoms with Gasteiger partial charge in [-0.15, -0.1) is 0 Å². The second-order valence-electron chi connectivity index (χ2n) is 5.67. The van der Waals surface area contributed by atoms with Crippen molar-refractivity contribution in [1.29, 1.82) is 0 Å². The molecule has 3 fully saturated rings. The molecule has 0 radical (unpaired) electrons. The normalized spacial score (nSPS) is 41.3. The van der Waals surface area contributed by atoms with Crippen LogP contribution in [-0.4, -0.2) is 17.5 Å². The van der Waals surface area contributed by atoms with Gasteiger partial charge in [-0.05, 0) is 43.9 Å². The van der Waals surface area contributed by atoms with E-state index in [1.165, 1.54) is 32.1 Å². The Hall–Kier alpha value is -0.570. The zero-order valence-corrected chi connectivity index (χ0v) is 9.17. The summed E-state index contributed by atoms with van der Waals surface area (Å²) in [6.45, 7) is 0. The summed E-state index contributed by atoms with van der Waals surface area (Å²) in [7, 11) is 0. The molecule has 0 aromatic carbocycles. The first-order valence-electron chi connectivity index (χ1n) is 6.29. The maximum atomic E-state index is 11.8. The first kappa shape index (κ1) is 9.64. The Bertz CT molecular complexity index is 285. The van der Waals surface area contributed by atoms with Crippen LogP contribution in [0, 0.1) is 11.8 Å². The highest BCUT2D eigenvalue weighted by Gasteiger charge is 2.48. The maximum Gasteiger partial charge on any atom is 0.240 e. The number of nitrogens with one attached hydrogen (secondary N) is 1. The molecule has 15 heavy (non-hydrogen) atoms. The molecular weight excluding hydrogens is 188 g/mol. The van der Waals surface area contributed by atoms with Gasteiger partial charge in [-0.2, -0.15) is 0 Å². The van der Waals surface area contributed by atoms with Gasteiger partial charge in [0.15, 0.2) is 0 Å². The van der Waals surface area contributed by atoms with E-state index in [9.17, 15) is 4.79 Å². The van der Waals surface area contributed by atoms with E-state index in [1.54, 1.807) is 0 Å². The van der Waals surface area contributed by atoms with Gasteiger partial charge in [-0.1, -0.05) is 12.8 Å². The fourth-order valence-corrected chi connectivity index (χ4v) is 3.41. The number of carbonyl (C=O) groups excluding carboxylic acids is 1. The third kappa shape index (κ3) is 1.57.